The predicted octanol–water partition coefficient (Wildman–Crippen LogP) is 3.38. The Hall–Kier alpha value is -1.06. The second kappa shape index (κ2) is 3.82. The predicted molar refractivity (Wildman–Crippen MR) is 79.1 cm³/mol. The quantitative estimate of drug-likeness (QED) is 0.743. The van der Waals surface area contributed by atoms with Crippen molar-refractivity contribution in [3.63, 3.8) is 0 Å². The number of carbonyl (C=O) groups excluding carboxylic acids is 2. The Morgan fingerprint density at radius 2 is 1.29 bits per heavy atom. The number of amides is 2. The maximum atomic E-state index is 12.8. The molecule has 1 aliphatic heterocycles. The third kappa shape index (κ3) is 1.46. The standard InChI is InChI=1S/C16H13Cl2NO2/c17-6-1-7(18)3-8(2-6)19-15(20)13-11-5-12(10-4-9(10)11)14(13)16(19)21/h1-3,9-14H,4-5H2/t9-,10+,11-,12+,13+,14-. The van der Waals surface area contributed by atoms with E-state index in [2.05, 4.69) is 0 Å². The number of carbonyl (C=O) groups is 2. The minimum Gasteiger partial charge on any atom is -0.274 e. The Bertz CT molecular complexity index is 651. The number of fused-ring (bicyclic) bond motifs is 8. The maximum absolute atomic E-state index is 12.8. The average molecular weight is 322 g/mol. The second-order valence-corrected chi connectivity index (χ2v) is 7.69. The Kier molecular flexibility index (Phi) is 2.27. The first kappa shape index (κ1) is 12.5. The molecule has 108 valence electrons. The third-order valence-electron chi connectivity index (χ3n) is 5.96. The fourth-order valence-electron chi connectivity index (χ4n) is 5.25. The van der Waals surface area contributed by atoms with Gasteiger partial charge in [-0.2, -0.15) is 0 Å². The van der Waals surface area contributed by atoms with Crippen LogP contribution in [0.3, 0.4) is 0 Å². The van der Waals surface area contributed by atoms with Crippen LogP contribution in [0.25, 0.3) is 0 Å². The number of halogens is 2. The lowest BCUT2D eigenvalue weighted by atomic mass is 9.81. The van der Waals surface area contributed by atoms with Crippen molar-refractivity contribution in [3.05, 3.63) is 28.2 Å². The molecule has 0 radical (unpaired) electrons. The molecule has 0 aromatic heterocycles. The monoisotopic (exact) mass is 321 g/mol. The first-order valence-corrected chi connectivity index (χ1v) is 8.16. The molecule has 1 saturated heterocycles. The van der Waals surface area contributed by atoms with Gasteiger partial charge in [-0.05, 0) is 54.7 Å². The molecule has 3 saturated carbocycles. The summed E-state index contributed by atoms with van der Waals surface area (Å²) in [5.74, 6) is 2.00. The van der Waals surface area contributed by atoms with Gasteiger partial charge in [0, 0.05) is 10.0 Å². The van der Waals surface area contributed by atoms with Crippen LogP contribution in [0, 0.1) is 35.5 Å². The fraction of sp³-hybridized carbons (Fsp3) is 0.500. The van der Waals surface area contributed by atoms with Crippen molar-refractivity contribution < 1.29 is 9.59 Å². The molecule has 2 bridgehead atoms. The van der Waals surface area contributed by atoms with Crippen molar-refractivity contribution in [2.45, 2.75) is 12.8 Å². The number of hydrogen-bond acceptors (Lipinski definition) is 2. The van der Waals surface area contributed by atoms with E-state index in [1.165, 1.54) is 11.3 Å². The van der Waals surface area contributed by atoms with E-state index >= 15 is 0 Å². The molecule has 3 nitrogen and oxygen atoms in total. The first-order chi connectivity index (χ1) is 10.1. The van der Waals surface area contributed by atoms with Gasteiger partial charge in [-0.3, -0.25) is 9.59 Å². The molecule has 3 aliphatic carbocycles. The van der Waals surface area contributed by atoms with Crippen molar-refractivity contribution in [2.24, 2.45) is 35.5 Å². The van der Waals surface area contributed by atoms with Gasteiger partial charge in [0.25, 0.3) is 0 Å². The van der Waals surface area contributed by atoms with Gasteiger partial charge in [-0.1, -0.05) is 23.2 Å². The SMILES string of the molecule is O=C1[C@@H]2[C@H]3C[C@H]([C@@H]4C[C@@H]43)[C@@H]2C(=O)N1c1cc(Cl)cc(Cl)c1. The molecule has 0 spiro atoms. The number of benzene rings is 1. The van der Waals surface area contributed by atoms with E-state index in [-0.39, 0.29) is 23.7 Å². The average Bonchev–Trinajstić information content (AvgIpc) is 2.92. The summed E-state index contributed by atoms with van der Waals surface area (Å²) in [4.78, 5) is 26.9. The molecule has 5 heteroatoms. The molecule has 4 aliphatic rings. The summed E-state index contributed by atoms with van der Waals surface area (Å²) < 4.78 is 0. The zero-order chi connectivity index (χ0) is 14.5. The summed E-state index contributed by atoms with van der Waals surface area (Å²) in [7, 11) is 0. The Balaban J connectivity index is 1.58. The van der Waals surface area contributed by atoms with Gasteiger partial charge in [-0.15, -0.1) is 0 Å². The Morgan fingerprint density at radius 1 is 0.810 bits per heavy atom. The molecule has 5 rings (SSSR count). The number of imide groups is 1. The number of nitrogens with zero attached hydrogens (tertiary/aromatic N) is 1. The van der Waals surface area contributed by atoms with Gasteiger partial charge in [0.05, 0.1) is 17.5 Å². The van der Waals surface area contributed by atoms with E-state index in [0.29, 0.717) is 39.4 Å². The van der Waals surface area contributed by atoms with Crippen LogP contribution in [0.5, 0.6) is 0 Å². The lowest BCUT2D eigenvalue weighted by Gasteiger charge is -2.18. The molecule has 2 amide bonds. The van der Waals surface area contributed by atoms with E-state index < -0.39 is 0 Å². The van der Waals surface area contributed by atoms with Crippen LogP contribution in [-0.2, 0) is 9.59 Å². The largest absolute Gasteiger partial charge is 0.274 e. The summed E-state index contributed by atoms with van der Waals surface area (Å²) >= 11 is 12.0. The van der Waals surface area contributed by atoms with Crippen molar-refractivity contribution >= 4 is 40.7 Å². The van der Waals surface area contributed by atoms with Crippen molar-refractivity contribution in [1.29, 1.82) is 0 Å². The minimum atomic E-state index is -0.0935. The Morgan fingerprint density at radius 3 is 1.81 bits per heavy atom. The van der Waals surface area contributed by atoms with Crippen molar-refractivity contribution in [2.75, 3.05) is 4.90 Å². The molecular weight excluding hydrogens is 309 g/mol. The highest BCUT2D eigenvalue weighted by Crippen LogP contribution is 2.71. The number of hydrogen-bond donors (Lipinski definition) is 0. The highest BCUT2D eigenvalue weighted by Gasteiger charge is 2.71. The van der Waals surface area contributed by atoms with Crippen LogP contribution in [-0.4, -0.2) is 11.8 Å². The zero-order valence-electron chi connectivity index (χ0n) is 11.1. The van der Waals surface area contributed by atoms with E-state index in [4.69, 9.17) is 23.2 Å². The van der Waals surface area contributed by atoms with Crippen molar-refractivity contribution in [1.82, 2.24) is 0 Å². The van der Waals surface area contributed by atoms with Gasteiger partial charge in [0.1, 0.15) is 0 Å². The molecule has 21 heavy (non-hydrogen) atoms. The fourth-order valence-corrected chi connectivity index (χ4v) is 5.76. The minimum absolute atomic E-state index is 0.0406. The number of rotatable bonds is 1. The highest BCUT2D eigenvalue weighted by atomic mass is 35.5. The van der Waals surface area contributed by atoms with E-state index in [1.807, 2.05) is 0 Å². The maximum Gasteiger partial charge on any atom is 0.237 e. The smallest absolute Gasteiger partial charge is 0.237 e. The lowest BCUT2D eigenvalue weighted by molar-refractivity contribution is -0.123. The van der Waals surface area contributed by atoms with Crippen LogP contribution in [0.15, 0.2) is 18.2 Å². The van der Waals surface area contributed by atoms with Gasteiger partial charge in [0.15, 0.2) is 0 Å². The summed E-state index contributed by atoms with van der Waals surface area (Å²) in [6, 6.07) is 4.90. The third-order valence-corrected chi connectivity index (χ3v) is 6.40. The van der Waals surface area contributed by atoms with Gasteiger partial charge in [0.2, 0.25) is 11.8 Å². The molecule has 4 fully saturated rings. The molecule has 0 N–H and O–H groups in total. The van der Waals surface area contributed by atoms with Gasteiger partial charge >= 0.3 is 0 Å². The van der Waals surface area contributed by atoms with E-state index in [9.17, 15) is 9.59 Å². The topological polar surface area (TPSA) is 37.4 Å². The highest BCUT2D eigenvalue weighted by molar-refractivity contribution is 6.35. The van der Waals surface area contributed by atoms with Crippen LogP contribution < -0.4 is 4.90 Å². The van der Waals surface area contributed by atoms with Gasteiger partial charge < -0.3 is 0 Å². The van der Waals surface area contributed by atoms with E-state index in [1.54, 1.807) is 18.2 Å². The van der Waals surface area contributed by atoms with Crippen LogP contribution >= 0.6 is 23.2 Å². The normalized spacial score (nSPS) is 42.5. The van der Waals surface area contributed by atoms with E-state index in [0.717, 1.165) is 6.42 Å². The summed E-state index contributed by atoms with van der Waals surface area (Å²) in [5, 5.41) is 0.891. The molecule has 1 aromatic rings. The van der Waals surface area contributed by atoms with Crippen molar-refractivity contribution in [3.8, 4) is 0 Å². The van der Waals surface area contributed by atoms with Crippen LogP contribution in [0.2, 0.25) is 10.0 Å². The molecule has 0 unspecified atom stereocenters. The Labute approximate surface area is 132 Å². The molecule has 1 aromatic carbocycles. The second-order valence-electron chi connectivity index (χ2n) is 6.82. The van der Waals surface area contributed by atoms with Gasteiger partial charge in [-0.25, -0.2) is 4.90 Å². The summed E-state index contributed by atoms with van der Waals surface area (Å²) in [5.41, 5.74) is 0.518. The van der Waals surface area contributed by atoms with Crippen LogP contribution in [0.1, 0.15) is 12.8 Å². The number of anilines is 1. The molecule has 1 heterocycles. The zero-order valence-corrected chi connectivity index (χ0v) is 12.6. The summed E-state index contributed by atoms with van der Waals surface area (Å²) in [6.07, 6.45) is 2.30. The summed E-state index contributed by atoms with van der Waals surface area (Å²) in [6.45, 7) is 0. The molecular formula is C16H13Cl2NO2. The first-order valence-electron chi connectivity index (χ1n) is 7.40. The van der Waals surface area contributed by atoms with Crippen LogP contribution in [0.4, 0.5) is 5.69 Å². The molecule has 6 atom stereocenters. The lowest BCUT2D eigenvalue weighted by Crippen LogP contribution is -2.33.